The molecule has 0 fully saturated rings. The second-order valence-corrected chi connectivity index (χ2v) is 3.76. The lowest BCUT2D eigenvalue weighted by molar-refractivity contribution is -0.143. The third-order valence-electron chi connectivity index (χ3n) is 2.55. The van der Waals surface area contributed by atoms with Gasteiger partial charge in [-0.2, -0.15) is 0 Å². The monoisotopic (exact) mass is 205 g/mol. The summed E-state index contributed by atoms with van der Waals surface area (Å²) in [5.41, 5.74) is 5.96. The molecule has 0 heterocycles. The highest BCUT2D eigenvalue weighted by molar-refractivity contribution is 5.81. The Morgan fingerprint density at radius 2 is 2.33 bits per heavy atom. The zero-order valence-corrected chi connectivity index (χ0v) is 8.73. The van der Waals surface area contributed by atoms with Crippen LogP contribution in [0.1, 0.15) is 18.9 Å². The van der Waals surface area contributed by atoms with Crippen molar-refractivity contribution in [3.05, 3.63) is 42.5 Å². The molecule has 0 saturated heterocycles. The Balaban J connectivity index is 3.20. The number of allylic oxidation sites excluding steroid dienone is 1. The molecule has 1 rings (SSSR count). The van der Waals surface area contributed by atoms with E-state index in [9.17, 15) is 9.90 Å². The van der Waals surface area contributed by atoms with Gasteiger partial charge in [0.1, 0.15) is 0 Å². The second-order valence-electron chi connectivity index (χ2n) is 3.76. The second kappa shape index (κ2) is 4.17. The average molecular weight is 205 g/mol. The third-order valence-corrected chi connectivity index (χ3v) is 2.55. The van der Waals surface area contributed by atoms with Crippen molar-refractivity contribution in [2.45, 2.75) is 18.8 Å². The lowest BCUT2D eigenvalue weighted by Gasteiger charge is -2.24. The van der Waals surface area contributed by atoms with Crippen LogP contribution in [0.5, 0.6) is 0 Å². The zero-order chi connectivity index (χ0) is 11.5. The summed E-state index contributed by atoms with van der Waals surface area (Å²) in [5.74, 6) is -0.868. The molecule has 0 saturated carbocycles. The highest BCUT2D eigenvalue weighted by Crippen LogP contribution is 2.29. The van der Waals surface area contributed by atoms with E-state index in [0.717, 1.165) is 0 Å². The van der Waals surface area contributed by atoms with E-state index in [0.29, 0.717) is 17.7 Å². The number of hydrogen-bond donors (Lipinski definition) is 2. The van der Waals surface area contributed by atoms with E-state index in [1.807, 2.05) is 0 Å². The summed E-state index contributed by atoms with van der Waals surface area (Å²) < 4.78 is 0. The molecular weight excluding hydrogens is 190 g/mol. The lowest BCUT2D eigenvalue weighted by atomic mass is 9.79. The van der Waals surface area contributed by atoms with Gasteiger partial charge in [-0.3, -0.25) is 4.79 Å². The van der Waals surface area contributed by atoms with Crippen molar-refractivity contribution >= 4 is 11.7 Å². The third kappa shape index (κ3) is 2.18. The van der Waals surface area contributed by atoms with Gasteiger partial charge in [-0.1, -0.05) is 18.2 Å². The molecule has 0 aliphatic rings. The maximum atomic E-state index is 11.2. The van der Waals surface area contributed by atoms with Gasteiger partial charge in [-0.25, -0.2) is 0 Å². The molecule has 1 atom stereocenters. The van der Waals surface area contributed by atoms with Gasteiger partial charge in [-0.15, -0.1) is 6.58 Å². The topological polar surface area (TPSA) is 63.3 Å². The van der Waals surface area contributed by atoms with E-state index in [4.69, 9.17) is 5.73 Å². The minimum atomic E-state index is -0.947. The fraction of sp³-hybridized carbons (Fsp3) is 0.250. The molecule has 3 N–H and O–H groups in total. The highest BCUT2D eigenvalue weighted by Gasteiger charge is 2.33. The van der Waals surface area contributed by atoms with Crippen LogP contribution < -0.4 is 5.73 Å². The first kappa shape index (κ1) is 11.3. The molecule has 0 aromatic heterocycles. The highest BCUT2D eigenvalue weighted by atomic mass is 16.4. The Morgan fingerprint density at radius 1 is 1.67 bits per heavy atom. The van der Waals surface area contributed by atoms with Gasteiger partial charge in [-0.05, 0) is 31.0 Å². The number of carboxylic acid groups (broad SMARTS) is 1. The fourth-order valence-electron chi connectivity index (χ4n) is 1.50. The predicted octanol–water partition coefficient (Wildman–Crippen LogP) is 2.19. The summed E-state index contributed by atoms with van der Waals surface area (Å²) >= 11 is 0. The van der Waals surface area contributed by atoms with Crippen molar-refractivity contribution in [1.82, 2.24) is 0 Å². The molecule has 0 aliphatic heterocycles. The van der Waals surface area contributed by atoms with E-state index in [2.05, 4.69) is 6.58 Å². The smallest absolute Gasteiger partial charge is 0.314 e. The quantitative estimate of drug-likeness (QED) is 0.585. The van der Waals surface area contributed by atoms with Crippen LogP contribution in [0.15, 0.2) is 36.9 Å². The van der Waals surface area contributed by atoms with Crippen molar-refractivity contribution in [1.29, 1.82) is 0 Å². The first-order valence-electron chi connectivity index (χ1n) is 4.71. The van der Waals surface area contributed by atoms with Gasteiger partial charge in [0.25, 0.3) is 0 Å². The van der Waals surface area contributed by atoms with Crippen LogP contribution in [-0.4, -0.2) is 11.1 Å². The number of carbonyl (C=O) groups is 1. The van der Waals surface area contributed by atoms with Crippen LogP contribution in [0.4, 0.5) is 5.69 Å². The van der Waals surface area contributed by atoms with E-state index in [1.54, 1.807) is 37.3 Å². The molecule has 1 aromatic rings. The van der Waals surface area contributed by atoms with Crippen LogP contribution in [0.3, 0.4) is 0 Å². The van der Waals surface area contributed by atoms with Gasteiger partial charge in [0.15, 0.2) is 0 Å². The molecule has 0 spiro atoms. The van der Waals surface area contributed by atoms with Crippen LogP contribution in [-0.2, 0) is 10.2 Å². The van der Waals surface area contributed by atoms with Gasteiger partial charge >= 0.3 is 5.97 Å². The summed E-state index contributed by atoms with van der Waals surface area (Å²) in [6, 6.07) is 6.96. The predicted molar refractivity (Wildman–Crippen MR) is 60.7 cm³/mol. The number of hydrogen-bond acceptors (Lipinski definition) is 2. The molecule has 3 heteroatoms. The molecular formula is C12H15NO2. The number of nitrogens with two attached hydrogens (primary N) is 1. The van der Waals surface area contributed by atoms with Gasteiger partial charge in [0.2, 0.25) is 0 Å². The minimum Gasteiger partial charge on any atom is -0.481 e. The Hall–Kier alpha value is -1.77. The van der Waals surface area contributed by atoms with Crippen LogP contribution >= 0.6 is 0 Å². The van der Waals surface area contributed by atoms with Crippen LogP contribution in [0, 0.1) is 0 Å². The molecule has 0 bridgehead atoms. The Labute approximate surface area is 89.2 Å². The van der Waals surface area contributed by atoms with Gasteiger partial charge in [0, 0.05) is 5.69 Å². The molecule has 3 nitrogen and oxygen atoms in total. The maximum Gasteiger partial charge on any atom is 0.314 e. The Morgan fingerprint density at radius 3 is 2.80 bits per heavy atom. The van der Waals surface area contributed by atoms with Crippen LogP contribution in [0.25, 0.3) is 0 Å². The van der Waals surface area contributed by atoms with Crippen molar-refractivity contribution < 1.29 is 9.90 Å². The number of benzene rings is 1. The molecule has 80 valence electrons. The van der Waals surface area contributed by atoms with Gasteiger partial charge in [0.05, 0.1) is 5.41 Å². The van der Waals surface area contributed by atoms with Crippen molar-refractivity contribution in [3.63, 3.8) is 0 Å². The maximum absolute atomic E-state index is 11.2. The van der Waals surface area contributed by atoms with E-state index in [1.165, 1.54) is 0 Å². The molecule has 1 aromatic carbocycles. The zero-order valence-electron chi connectivity index (χ0n) is 8.73. The summed E-state index contributed by atoms with van der Waals surface area (Å²) in [4.78, 5) is 11.2. The first-order valence-corrected chi connectivity index (χ1v) is 4.71. The number of anilines is 1. The van der Waals surface area contributed by atoms with Gasteiger partial charge < -0.3 is 10.8 Å². The average Bonchev–Trinajstić information content (AvgIpc) is 2.17. The molecule has 0 aliphatic carbocycles. The summed E-state index contributed by atoms with van der Waals surface area (Å²) in [7, 11) is 0. The van der Waals surface area contributed by atoms with Crippen LogP contribution in [0.2, 0.25) is 0 Å². The SMILES string of the molecule is C=CCC(C)(C(=O)O)c1cccc(N)c1. The summed E-state index contributed by atoms with van der Waals surface area (Å²) in [6.07, 6.45) is 1.99. The number of rotatable bonds is 4. The Kier molecular flexibility index (Phi) is 3.14. The van der Waals surface area contributed by atoms with E-state index >= 15 is 0 Å². The standard InChI is InChI=1S/C12H15NO2/c1-3-7-12(2,11(14)15)9-5-4-6-10(13)8-9/h3-6,8H,1,7,13H2,2H3,(H,14,15). The molecule has 0 radical (unpaired) electrons. The van der Waals surface area contributed by atoms with Crippen molar-refractivity contribution in [2.75, 3.05) is 5.73 Å². The van der Waals surface area contributed by atoms with E-state index < -0.39 is 11.4 Å². The Bertz CT molecular complexity index is 387. The summed E-state index contributed by atoms with van der Waals surface area (Å²) in [5, 5.41) is 9.22. The molecule has 0 amide bonds. The number of carboxylic acids is 1. The first-order chi connectivity index (χ1) is 7.00. The molecule has 15 heavy (non-hydrogen) atoms. The van der Waals surface area contributed by atoms with E-state index in [-0.39, 0.29) is 0 Å². The number of nitrogen functional groups attached to an aromatic ring is 1. The lowest BCUT2D eigenvalue weighted by Crippen LogP contribution is -2.31. The normalized spacial score (nSPS) is 14.2. The molecule has 1 unspecified atom stereocenters. The fourth-order valence-corrected chi connectivity index (χ4v) is 1.50. The van der Waals surface area contributed by atoms with Crippen molar-refractivity contribution in [2.24, 2.45) is 0 Å². The summed E-state index contributed by atoms with van der Waals surface area (Å²) in [6.45, 7) is 5.25. The minimum absolute atomic E-state index is 0.381. The largest absolute Gasteiger partial charge is 0.481 e. The van der Waals surface area contributed by atoms with Crippen molar-refractivity contribution in [3.8, 4) is 0 Å². The number of aliphatic carboxylic acids is 1.